The Morgan fingerprint density at radius 3 is 2.65 bits per heavy atom. The second-order valence-electron chi connectivity index (χ2n) is 4.18. The first kappa shape index (κ1) is 12.0. The maximum absolute atomic E-state index is 5.96. The maximum Gasteiger partial charge on any atom is 0.131 e. The van der Waals surface area contributed by atoms with Crippen molar-refractivity contribution in [1.82, 2.24) is 9.97 Å². The van der Waals surface area contributed by atoms with E-state index in [1.807, 2.05) is 6.92 Å². The minimum atomic E-state index is 0.603. The fraction of sp³-hybridized carbons (Fsp3) is 0.385. The van der Waals surface area contributed by atoms with Crippen LogP contribution in [0.4, 0.5) is 5.82 Å². The molecule has 2 aromatic rings. The first-order valence-electron chi connectivity index (χ1n) is 5.81. The van der Waals surface area contributed by atoms with Gasteiger partial charge >= 0.3 is 0 Å². The molecule has 0 unspecified atom stereocenters. The maximum atomic E-state index is 5.96. The van der Waals surface area contributed by atoms with Crippen LogP contribution in [0.25, 0.3) is 10.6 Å². The lowest BCUT2D eigenvalue weighted by Crippen LogP contribution is -2.04. The Morgan fingerprint density at radius 2 is 2.06 bits per heavy atom. The number of aryl methyl sites for hydroxylation is 2. The van der Waals surface area contributed by atoms with Crippen LogP contribution in [0.15, 0.2) is 11.4 Å². The van der Waals surface area contributed by atoms with Gasteiger partial charge in [-0.3, -0.25) is 0 Å². The molecule has 0 amide bonds. The summed E-state index contributed by atoms with van der Waals surface area (Å²) < 4.78 is 0. The molecule has 0 radical (unpaired) electrons. The van der Waals surface area contributed by atoms with Gasteiger partial charge in [-0.15, -0.1) is 11.3 Å². The second kappa shape index (κ2) is 4.84. The van der Waals surface area contributed by atoms with Gasteiger partial charge < -0.3 is 5.73 Å². The molecule has 0 aliphatic rings. The lowest BCUT2D eigenvalue weighted by atomic mass is 10.1. The molecule has 2 N–H and O–H groups in total. The van der Waals surface area contributed by atoms with Crippen LogP contribution in [0.5, 0.6) is 0 Å². The Kier molecular flexibility index (Phi) is 3.43. The van der Waals surface area contributed by atoms with E-state index in [2.05, 4.69) is 35.3 Å². The van der Waals surface area contributed by atoms with Crippen molar-refractivity contribution in [3.63, 3.8) is 0 Å². The monoisotopic (exact) mass is 247 g/mol. The Balaban J connectivity index is 2.56. The minimum Gasteiger partial charge on any atom is -0.383 e. The van der Waals surface area contributed by atoms with Crippen LogP contribution in [0.3, 0.4) is 0 Å². The van der Waals surface area contributed by atoms with E-state index >= 15 is 0 Å². The molecule has 0 saturated carbocycles. The van der Waals surface area contributed by atoms with Gasteiger partial charge in [0.05, 0.1) is 10.6 Å². The standard InChI is InChI=1S/C13H17N3S/c1-4-5-10-15-11(9(3)13(14)16-10)12-8(2)6-7-17-12/h6-7H,4-5H2,1-3H3,(H2,14,15,16). The summed E-state index contributed by atoms with van der Waals surface area (Å²) in [7, 11) is 0. The van der Waals surface area contributed by atoms with E-state index in [1.54, 1.807) is 11.3 Å². The molecule has 0 bridgehead atoms. The van der Waals surface area contributed by atoms with E-state index < -0.39 is 0 Å². The highest BCUT2D eigenvalue weighted by atomic mass is 32.1. The van der Waals surface area contributed by atoms with Gasteiger partial charge in [-0.05, 0) is 37.3 Å². The number of rotatable bonds is 3. The van der Waals surface area contributed by atoms with E-state index in [4.69, 9.17) is 5.73 Å². The molecule has 17 heavy (non-hydrogen) atoms. The van der Waals surface area contributed by atoms with Gasteiger partial charge in [0.2, 0.25) is 0 Å². The van der Waals surface area contributed by atoms with Crippen molar-refractivity contribution in [2.75, 3.05) is 5.73 Å². The smallest absolute Gasteiger partial charge is 0.131 e. The Morgan fingerprint density at radius 1 is 1.29 bits per heavy atom. The van der Waals surface area contributed by atoms with Gasteiger partial charge in [-0.25, -0.2) is 9.97 Å². The summed E-state index contributed by atoms with van der Waals surface area (Å²) >= 11 is 1.71. The molecular formula is C13H17N3S. The van der Waals surface area contributed by atoms with Crippen molar-refractivity contribution in [3.05, 3.63) is 28.4 Å². The third kappa shape index (κ3) is 2.31. The normalized spacial score (nSPS) is 10.8. The fourth-order valence-corrected chi connectivity index (χ4v) is 2.73. The third-order valence-corrected chi connectivity index (χ3v) is 3.80. The summed E-state index contributed by atoms with van der Waals surface area (Å²) in [5.74, 6) is 1.45. The number of nitrogens with zero attached hydrogens (tertiary/aromatic N) is 2. The molecule has 0 aromatic carbocycles. The highest BCUT2D eigenvalue weighted by Crippen LogP contribution is 2.31. The number of hydrogen-bond acceptors (Lipinski definition) is 4. The van der Waals surface area contributed by atoms with Crippen molar-refractivity contribution in [2.24, 2.45) is 0 Å². The SMILES string of the molecule is CCCc1nc(N)c(C)c(-c2sccc2C)n1. The molecule has 2 heterocycles. The summed E-state index contributed by atoms with van der Waals surface area (Å²) in [5, 5.41) is 2.09. The molecule has 0 spiro atoms. The average molecular weight is 247 g/mol. The predicted molar refractivity (Wildman–Crippen MR) is 73.2 cm³/mol. The van der Waals surface area contributed by atoms with Crippen molar-refractivity contribution in [2.45, 2.75) is 33.6 Å². The molecule has 0 atom stereocenters. The number of hydrogen-bond donors (Lipinski definition) is 1. The molecule has 4 heteroatoms. The number of nitrogen functional groups attached to an aromatic ring is 1. The fourth-order valence-electron chi connectivity index (χ4n) is 1.75. The summed E-state index contributed by atoms with van der Waals surface area (Å²) in [6.45, 7) is 6.21. The number of nitrogens with two attached hydrogens (primary N) is 1. The molecule has 90 valence electrons. The molecule has 0 aliphatic carbocycles. The van der Waals surface area contributed by atoms with Gasteiger partial charge in [0.25, 0.3) is 0 Å². The van der Waals surface area contributed by atoms with Crippen LogP contribution in [-0.2, 0) is 6.42 Å². The summed E-state index contributed by atoms with van der Waals surface area (Å²) in [6, 6.07) is 2.11. The van der Waals surface area contributed by atoms with Crippen LogP contribution in [0.1, 0.15) is 30.3 Å². The van der Waals surface area contributed by atoms with Gasteiger partial charge in [0, 0.05) is 12.0 Å². The average Bonchev–Trinajstić information content (AvgIpc) is 2.70. The largest absolute Gasteiger partial charge is 0.383 e. The minimum absolute atomic E-state index is 0.603. The Hall–Kier alpha value is -1.42. The van der Waals surface area contributed by atoms with E-state index in [1.165, 1.54) is 10.4 Å². The Bertz CT molecular complexity index is 531. The zero-order chi connectivity index (χ0) is 12.4. The summed E-state index contributed by atoms with van der Waals surface area (Å²) in [6.07, 6.45) is 1.91. The first-order chi connectivity index (χ1) is 8.13. The zero-order valence-corrected chi connectivity index (χ0v) is 11.3. The third-order valence-electron chi connectivity index (χ3n) is 2.78. The lowest BCUT2D eigenvalue weighted by Gasteiger charge is -2.09. The van der Waals surface area contributed by atoms with Crippen molar-refractivity contribution < 1.29 is 0 Å². The topological polar surface area (TPSA) is 51.8 Å². The predicted octanol–water partition coefficient (Wildman–Crippen LogP) is 3.36. The van der Waals surface area contributed by atoms with Crippen LogP contribution >= 0.6 is 11.3 Å². The van der Waals surface area contributed by atoms with Crippen molar-refractivity contribution in [3.8, 4) is 10.6 Å². The zero-order valence-electron chi connectivity index (χ0n) is 10.4. The molecule has 2 rings (SSSR count). The highest BCUT2D eigenvalue weighted by Gasteiger charge is 2.13. The number of anilines is 1. The summed E-state index contributed by atoms with van der Waals surface area (Å²) in [4.78, 5) is 10.2. The second-order valence-corrected chi connectivity index (χ2v) is 5.10. The molecule has 0 fully saturated rings. The van der Waals surface area contributed by atoms with Gasteiger partial charge in [-0.2, -0.15) is 0 Å². The molecule has 2 aromatic heterocycles. The first-order valence-corrected chi connectivity index (χ1v) is 6.69. The molecular weight excluding hydrogens is 230 g/mol. The lowest BCUT2D eigenvalue weighted by molar-refractivity contribution is 0.836. The van der Waals surface area contributed by atoms with E-state index in [0.717, 1.165) is 29.9 Å². The van der Waals surface area contributed by atoms with Crippen LogP contribution in [0.2, 0.25) is 0 Å². The van der Waals surface area contributed by atoms with Crippen molar-refractivity contribution in [1.29, 1.82) is 0 Å². The van der Waals surface area contributed by atoms with Crippen molar-refractivity contribution >= 4 is 17.2 Å². The molecule has 3 nitrogen and oxygen atoms in total. The Labute approximate surface area is 106 Å². The van der Waals surface area contributed by atoms with Crippen LogP contribution < -0.4 is 5.73 Å². The van der Waals surface area contributed by atoms with E-state index in [9.17, 15) is 0 Å². The summed E-state index contributed by atoms with van der Waals surface area (Å²) in [5.41, 5.74) is 9.19. The van der Waals surface area contributed by atoms with Gasteiger partial charge in [-0.1, -0.05) is 6.92 Å². The molecule has 0 aliphatic heterocycles. The highest BCUT2D eigenvalue weighted by molar-refractivity contribution is 7.13. The van der Waals surface area contributed by atoms with Crippen LogP contribution in [0, 0.1) is 13.8 Å². The van der Waals surface area contributed by atoms with Gasteiger partial charge in [0.1, 0.15) is 11.6 Å². The number of thiophene rings is 1. The molecule has 0 saturated heterocycles. The van der Waals surface area contributed by atoms with E-state index in [-0.39, 0.29) is 0 Å². The quantitative estimate of drug-likeness (QED) is 0.904. The van der Waals surface area contributed by atoms with Gasteiger partial charge in [0.15, 0.2) is 0 Å². The van der Waals surface area contributed by atoms with Crippen LogP contribution in [-0.4, -0.2) is 9.97 Å². The number of aromatic nitrogens is 2. The van der Waals surface area contributed by atoms with E-state index in [0.29, 0.717) is 5.82 Å².